The molecule has 0 saturated heterocycles. The lowest BCUT2D eigenvalue weighted by atomic mass is 9.97. The van der Waals surface area contributed by atoms with E-state index in [1.165, 1.54) is 6.07 Å². The number of benzene rings is 2. The maximum absolute atomic E-state index is 13.8. The molecular formula is C14H13ClFN. The van der Waals surface area contributed by atoms with E-state index < -0.39 is 0 Å². The quantitative estimate of drug-likeness (QED) is 0.883. The summed E-state index contributed by atoms with van der Waals surface area (Å²) in [7, 11) is 0. The van der Waals surface area contributed by atoms with Crippen LogP contribution in [0.3, 0.4) is 0 Å². The van der Waals surface area contributed by atoms with E-state index in [-0.39, 0.29) is 5.82 Å². The molecule has 2 N–H and O–H groups in total. The summed E-state index contributed by atoms with van der Waals surface area (Å²) in [5.74, 6) is -0.304. The van der Waals surface area contributed by atoms with Gasteiger partial charge < -0.3 is 5.73 Å². The molecule has 0 heterocycles. The molecule has 3 heteroatoms. The molecule has 0 radical (unpaired) electrons. The molecule has 0 amide bonds. The van der Waals surface area contributed by atoms with Crippen molar-refractivity contribution in [2.75, 3.05) is 6.54 Å². The molecule has 2 aromatic rings. The molecule has 0 aliphatic rings. The number of nitrogens with two attached hydrogens (primary N) is 1. The molecule has 2 rings (SSSR count). The van der Waals surface area contributed by atoms with Gasteiger partial charge in [-0.1, -0.05) is 35.9 Å². The van der Waals surface area contributed by atoms with E-state index in [0.717, 1.165) is 17.5 Å². The highest BCUT2D eigenvalue weighted by Crippen LogP contribution is 2.28. The van der Waals surface area contributed by atoms with Crippen molar-refractivity contribution in [1.82, 2.24) is 0 Å². The van der Waals surface area contributed by atoms with Gasteiger partial charge in [0.15, 0.2) is 0 Å². The Balaban J connectivity index is 2.52. The first-order chi connectivity index (χ1) is 8.22. The highest BCUT2D eigenvalue weighted by atomic mass is 35.5. The minimum absolute atomic E-state index is 0.304. The Bertz CT molecular complexity index is 525. The predicted octanol–water partition coefficient (Wildman–Crippen LogP) is 3.65. The third-order valence-corrected chi connectivity index (χ3v) is 2.89. The zero-order chi connectivity index (χ0) is 12.3. The van der Waals surface area contributed by atoms with E-state index in [1.807, 2.05) is 24.3 Å². The van der Waals surface area contributed by atoms with Crippen LogP contribution in [0.5, 0.6) is 0 Å². The van der Waals surface area contributed by atoms with Gasteiger partial charge in [0, 0.05) is 10.6 Å². The Hall–Kier alpha value is -1.38. The smallest absolute Gasteiger partial charge is 0.132 e. The Morgan fingerprint density at radius 1 is 1.06 bits per heavy atom. The van der Waals surface area contributed by atoms with E-state index in [1.54, 1.807) is 12.1 Å². The second-order valence-corrected chi connectivity index (χ2v) is 4.26. The number of hydrogen-bond donors (Lipinski definition) is 1. The normalized spacial score (nSPS) is 10.5. The van der Waals surface area contributed by atoms with Gasteiger partial charge in [0.1, 0.15) is 5.82 Å². The minimum atomic E-state index is -0.304. The lowest BCUT2D eigenvalue weighted by Gasteiger charge is -2.09. The highest BCUT2D eigenvalue weighted by Gasteiger charge is 2.09. The zero-order valence-corrected chi connectivity index (χ0v) is 10.0. The summed E-state index contributed by atoms with van der Waals surface area (Å²) in [5.41, 5.74) is 8.06. The van der Waals surface area contributed by atoms with Crippen molar-refractivity contribution in [2.45, 2.75) is 6.42 Å². The van der Waals surface area contributed by atoms with Gasteiger partial charge in [-0.25, -0.2) is 4.39 Å². The Morgan fingerprint density at radius 2 is 1.82 bits per heavy atom. The van der Waals surface area contributed by atoms with E-state index in [4.69, 9.17) is 17.3 Å². The molecule has 88 valence electrons. The van der Waals surface area contributed by atoms with Crippen LogP contribution >= 0.6 is 11.6 Å². The molecule has 1 nitrogen and oxygen atoms in total. The second-order valence-electron chi connectivity index (χ2n) is 3.82. The lowest BCUT2D eigenvalue weighted by Crippen LogP contribution is -2.04. The Morgan fingerprint density at radius 3 is 2.53 bits per heavy atom. The number of halogens is 2. The first kappa shape index (κ1) is 12.1. The van der Waals surface area contributed by atoms with Gasteiger partial charge in [0.25, 0.3) is 0 Å². The van der Waals surface area contributed by atoms with Crippen molar-refractivity contribution in [3.63, 3.8) is 0 Å². The lowest BCUT2D eigenvalue weighted by molar-refractivity contribution is 0.631. The van der Waals surface area contributed by atoms with E-state index >= 15 is 0 Å². The third-order valence-electron chi connectivity index (χ3n) is 2.65. The van der Waals surface area contributed by atoms with Crippen molar-refractivity contribution >= 4 is 11.6 Å². The van der Waals surface area contributed by atoms with Crippen LogP contribution in [0.15, 0.2) is 42.5 Å². The average molecular weight is 250 g/mol. The molecule has 0 fully saturated rings. The summed E-state index contributed by atoms with van der Waals surface area (Å²) < 4.78 is 13.8. The summed E-state index contributed by atoms with van der Waals surface area (Å²) in [6.45, 7) is 0.548. The van der Waals surface area contributed by atoms with Gasteiger partial charge in [-0.2, -0.15) is 0 Å². The first-order valence-corrected chi connectivity index (χ1v) is 5.83. The van der Waals surface area contributed by atoms with Crippen molar-refractivity contribution in [2.24, 2.45) is 5.73 Å². The monoisotopic (exact) mass is 249 g/mol. The van der Waals surface area contributed by atoms with Crippen LogP contribution in [0.2, 0.25) is 5.02 Å². The van der Waals surface area contributed by atoms with Crippen molar-refractivity contribution in [3.8, 4) is 11.1 Å². The fourth-order valence-corrected chi connectivity index (χ4v) is 2.02. The third kappa shape index (κ3) is 2.65. The van der Waals surface area contributed by atoms with Crippen molar-refractivity contribution < 1.29 is 4.39 Å². The largest absolute Gasteiger partial charge is 0.330 e. The number of rotatable bonds is 3. The molecule has 17 heavy (non-hydrogen) atoms. The Labute approximate surface area is 105 Å². The molecule has 0 aliphatic carbocycles. The molecule has 0 atom stereocenters. The van der Waals surface area contributed by atoms with Crippen LogP contribution in [0.4, 0.5) is 4.39 Å². The van der Waals surface area contributed by atoms with Crippen LogP contribution in [-0.4, -0.2) is 6.54 Å². The average Bonchev–Trinajstić information content (AvgIpc) is 2.31. The van der Waals surface area contributed by atoms with E-state index in [0.29, 0.717) is 17.1 Å². The topological polar surface area (TPSA) is 26.0 Å². The number of hydrogen-bond acceptors (Lipinski definition) is 1. The summed E-state index contributed by atoms with van der Waals surface area (Å²) in [6, 6.07) is 12.4. The van der Waals surface area contributed by atoms with Gasteiger partial charge in [-0.05, 0) is 42.3 Å². The molecule has 0 saturated carbocycles. The van der Waals surface area contributed by atoms with Crippen molar-refractivity contribution in [1.29, 1.82) is 0 Å². The SMILES string of the molecule is NCCc1ccccc1-c1ccc(Cl)cc1F. The summed E-state index contributed by atoms with van der Waals surface area (Å²) in [4.78, 5) is 0. The second kappa shape index (κ2) is 5.30. The fourth-order valence-electron chi connectivity index (χ4n) is 1.86. The molecule has 0 unspecified atom stereocenters. The van der Waals surface area contributed by atoms with Crippen LogP contribution in [0.1, 0.15) is 5.56 Å². The molecular weight excluding hydrogens is 237 g/mol. The standard InChI is InChI=1S/C14H13ClFN/c15-11-5-6-13(14(16)9-11)12-4-2-1-3-10(12)7-8-17/h1-6,9H,7-8,17H2. The maximum atomic E-state index is 13.8. The van der Waals surface area contributed by atoms with Crippen LogP contribution in [-0.2, 0) is 6.42 Å². The maximum Gasteiger partial charge on any atom is 0.132 e. The fraction of sp³-hybridized carbons (Fsp3) is 0.143. The predicted molar refractivity (Wildman–Crippen MR) is 69.6 cm³/mol. The van der Waals surface area contributed by atoms with Crippen LogP contribution < -0.4 is 5.73 Å². The summed E-state index contributed by atoms with van der Waals surface area (Å²) in [6.07, 6.45) is 0.734. The molecule has 2 aromatic carbocycles. The van der Waals surface area contributed by atoms with Crippen LogP contribution in [0, 0.1) is 5.82 Å². The first-order valence-electron chi connectivity index (χ1n) is 5.46. The summed E-state index contributed by atoms with van der Waals surface area (Å²) >= 11 is 5.75. The summed E-state index contributed by atoms with van der Waals surface area (Å²) in [5, 5.41) is 0.405. The minimum Gasteiger partial charge on any atom is -0.330 e. The molecule has 0 bridgehead atoms. The van der Waals surface area contributed by atoms with Gasteiger partial charge >= 0.3 is 0 Å². The molecule has 0 aromatic heterocycles. The van der Waals surface area contributed by atoms with Crippen LogP contribution in [0.25, 0.3) is 11.1 Å². The molecule has 0 aliphatic heterocycles. The van der Waals surface area contributed by atoms with Gasteiger partial charge in [-0.15, -0.1) is 0 Å². The van der Waals surface area contributed by atoms with E-state index in [9.17, 15) is 4.39 Å². The van der Waals surface area contributed by atoms with Crippen molar-refractivity contribution in [3.05, 3.63) is 58.9 Å². The van der Waals surface area contributed by atoms with Gasteiger partial charge in [0.05, 0.1) is 0 Å². The zero-order valence-electron chi connectivity index (χ0n) is 9.29. The van der Waals surface area contributed by atoms with Gasteiger partial charge in [0.2, 0.25) is 0 Å². The molecule has 0 spiro atoms. The Kier molecular flexibility index (Phi) is 3.77. The van der Waals surface area contributed by atoms with E-state index in [2.05, 4.69) is 0 Å². The van der Waals surface area contributed by atoms with Gasteiger partial charge in [-0.3, -0.25) is 0 Å². The highest BCUT2D eigenvalue weighted by molar-refractivity contribution is 6.30.